The van der Waals surface area contributed by atoms with Crippen LogP contribution in [-0.4, -0.2) is 11.5 Å². The van der Waals surface area contributed by atoms with Crippen molar-refractivity contribution in [3.8, 4) is 0 Å². The highest BCUT2D eigenvalue weighted by atomic mass is 79.9. The molecule has 1 fully saturated rings. The van der Waals surface area contributed by atoms with Gasteiger partial charge in [0.25, 0.3) is 0 Å². The largest absolute Gasteiger partial charge is 0.126 e. The SMILES string of the molecule is Brc1ccc(SCC2(CSc3ccc(Br)cc3)CCC2)cc1. The second-order valence-corrected chi connectivity index (χ2v) is 9.77. The van der Waals surface area contributed by atoms with Gasteiger partial charge in [0.1, 0.15) is 0 Å². The van der Waals surface area contributed by atoms with Crippen molar-refractivity contribution < 1.29 is 0 Å². The van der Waals surface area contributed by atoms with E-state index in [0.717, 1.165) is 8.95 Å². The van der Waals surface area contributed by atoms with E-state index in [0.29, 0.717) is 5.41 Å². The molecule has 0 unspecified atom stereocenters. The van der Waals surface area contributed by atoms with Gasteiger partial charge in [-0.2, -0.15) is 0 Å². The van der Waals surface area contributed by atoms with Crippen molar-refractivity contribution in [3.05, 3.63) is 57.5 Å². The predicted octanol–water partition coefficient (Wildman–Crippen LogP) is 7.27. The van der Waals surface area contributed by atoms with Gasteiger partial charge in [0.2, 0.25) is 0 Å². The minimum atomic E-state index is 0.523. The van der Waals surface area contributed by atoms with Crippen LogP contribution in [0.15, 0.2) is 67.3 Å². The Morgan fingerprint density at radius 3 is 1.45 bits per heavy atom. The highest BCUT2D eigenvalue weighted by molar-refractivity contribution is 9.10. The van der Waals surface area contributed by atoms with E-state index in [1.54, 1.807) is 0 Å². The third-order valence-corrected chi connectivity index (χ3v) is 7.91. The smallest absolute Gasteiger partial charge is 0.0176 e. The fourth-order valence-corrected chi connectivity index (χ4v) is 5.58. The highest BCUT2D eigenvalue weighted by Crippen LogP contribution is 2.48. The van der Waals surface area contributed by atoms with E-state index >= 15 is 0 Å². The Morgan fingerprint density at radius 1 is 0.727 bits per heavy atom. The zero-order valence-corrected chi connectivity index (χ0v) is 17.0. The third kappa shape index (κ3) is 4.56. The van der Waals surface area contributed by atoms with Gasteiger partial charge in [0.15, 0.2) is 0 Å². The van der Waals surface area contributed by atoms with Gasteiger partial charge in [-0.3, -0.25) is 0 Å². The summed E-state index contributed by atoms with van der Waals surface area (Å²) in [5.74, 6) is 2.47. The highest BCUT2D eigenvalue weighted by Gasteiger charge is 2.36. The first-order valence-corrected chi connectivity index (χ1v) is 11.0. The Hall–Kier alpha value is 0.1000. The van der Waals surface area contributed by atoms with Crippen LogP contribution in [0.3, 0.4) is 0 Å². The molecule has 22 heavy (non-hydrogen) atoms. The van der Waals surface area contributed by atoms with E-state index < -0.39 is 0 Å². The van der Waals surface area contributed by atoms with Crippen molar-refractivity contribution in [2.75, 3.05) is 11.5 Å². The molecule has 0 aromatic heterocycles. The standard InChI is InChI=1S/C18H18Br2S2/c19-14-2-6-16(7-3-14)21-12-18(10-1-11-18)13-22-17-8-4-15(20)5-9-17/h2-9H,1,10-13H2. The van der Waals surface area contributed by atoms with Crippen LogP contribution < -0.4 is 0 Å². The van der Waals surface area contributed by atoms with Crippen molar-refractivity contribution in [3.63, 3.8) is 0 Å². The molecule has 0 heterocycles. The maximum Gasteiger partial charge on any atom is 0.0176 e. The summed E-state index contributed by atoms with van der Waals surface area (Å²) in [7, 11) is 0. The summed E-state index contributed by atoms with van der Waals surface area (Å²) < 4.78 is 2.31. The number of benzene rings is 2. The normalized spacial score (nSPS) is 16.3. The van der Waals surface area contributed by atoms with Crippen molar-refractivity contribution in [1.29, 1.82) is 0 Å². The van der Waals surface area contributed by atoms with E-state index in [4.69, 9.17) is 0 Å². The van der Waals surface area contributed by atoms with Gasteiger partial charge in [0, 0.05) is 30.2 Å². The quantitative estimate of drug-likeness (QED) is 0.418. The number of thioether (sulfide) groups is 2. The van der Waals surface area contributed by atoms with Gasteiger partial charge in [-0.15, -0.1) is 23.5 Å². The second kappa shape index (κ2) is 7.78. The lowest BCUT2D eigenvalue weighted by Crippen LogP contribution is -2.34. The van der Waals surface area contributed by atoms with Crippen LogP contribution in [0.4, 0.5) is 0 Å². The predicted molar refractivity (Wildman–Crippen MR) is 106 cm³/mol. The molecule has 4 heteroatoms. The molecule has 0 spiro atoms. The van der Waals surface area contributed by atoms with E-state index in [1.807, 2.05) is 23.5 Å². The van der Waals surface area contributed by atoms with Gasteiger partial charge in [-0.25, -0.2) is 0 Å². The summed E-state index contributed by atoms with van der Waals surface area (Å²) in [5, 5.41) is 0. The molecule has 1 aliphatic rings. The fourth-order valence-electron chi connectivity index (χ4n) is 2.54. The van der Waals surface area contributed by atoms with Crippen LogP contribution in [0, 0.1) is 5.41 Å². The summed E-state index contributed by atoms with van der Waals surface area (Å²) >= 11 is 11.0. The first kappa shape index (κ1) is 16.9. The van der Waals surface area contributed by atoms with Gasteiger partial charge >= 0.3 is 0 Å². The van der Waals surface area contributed by atoms with E-state index in [-0.39, 0.29) is 0 Å². The Balaban J connectivity index is 1.55. The van der Waals surface area contributed by atoms with Crippen molar-refractivity contribution in [2.45, 2.75) is 29.1 Å². The van der Waals surface area contributed by atoms with E-state index in [1.165, 1.54) is 40.6 Å². The average molecular weight is 458 g/mol. The summed E-state index contributed by atoms with van der Waals surface area (Å²) in [6.07, 6.45) is 4.14. The van der Waals surface area contributed by atoms with Crippen molar-refractivity contribution in [1.82, 2.24) is 0 Å². The number of hydrogen-bond acceptors (Lipinski definition) is 2. The van der Waals surface area contributed by atoms with Crippen LogP contribution in [0.2, 0.25) is 0 Å². The molecule has 116 valence electrons. The van der Waals surface area contributed by atoms with Gasteiger partial charge in [-0.05, 0) is 66.8 Å². The second-order valence-electron chi connectivity index (χ2n) is 5.84. The molecule has 1 saturated carbocycles. The molecule has 0 atom stereocenters. The van der Waals surface area contributed by atoms with Crippen LogP contribution in [0.5, 0.6) is 0 Å². The van der Waals surface area contributed by atoms with Crippen molar-refractivity contribution >= 4 is 55.4 Å². The molecule has 0 saturated heterocycles. The summed E-state index contributed by atoms with van der Waals surface area (Å²) in [5.41, 5.74) is 0.523. The average Bonchev–Trinajstić information content (AvgIpc) is 2.49. The summed E-state index contributed by atoms with van der Waals surface area (Å²) in [6.45, 7) is 0. The van der Waals surface area contributed by atoms with Gasteiger partial charge in [0.05, 0.1) is 0 Å². The number of halogens is 2. The molecule has 2 aromatic rings. The zero-order valence-electron chi connectivity index (χ0n) is 12.2. The lowest BCUT2D eigenvalue weighted by molar-refractivity contribution is 0.204. The fraction of sp³-hybridized carbons (Fsp3) is 0.333. The van der Waals surface area contributed by atoms with Gasteiger partial charge in [-0.1, -0.05) is 38.3 Å². The molecule has 0 radical (unpaired) electrons. The monoisotopic (exact) mass is 456 g/mol. The van der Waals surface area contributed by atoms with Crippen LogP contribution in [-0.2, 0) is 0 Å². The minimum absolute atomic E-state index is 0.523. The van der Waals surface area contributed by atoms with Crippen LogP contribution in [0.1, 0.15) is 19.3 Å². The molecular weight excluding hydrogens is 440 g/mol. The molecule has 0 amide bonds. The Bertz CT molecular complexity index is 552. The maximum atomic E-state index is 3.50. The van der Waals surface area contributed by atoms with Crippen LogP contribution >= 0.6 is 55.4 Å². The molecule has 0 nitrogen and oxygen atoms in total. The molecule has 0 N–H and O–H groups in total. The minimum Gasteiger partial charge on any atom is -0.126 e. The Morgan fingerprint density at radius 2 is 1.14 bits per heavy atom. The zero-order chi connectivity index (χ0) is 15.4. The van der Waals surface area contributed by atoms with Gasteiger partial charge < -0.3 is 0 Å². The third-order valence-electron chi connectivity index (χ3n) is 4.13. The number of rotatable bonds is 6. The maximum absolute atomic E-state index is 3.50. The molecule has 0 aliphatic heterocycles. The van der Waals surface area contributed by atoms with E-state index in [9.17, 15) is 0 Å². The molecular formula is C18H18Br2S2. The first-order valence-electron chi connectivity index (χ1n) is 7.42. The molecule has 0 bridgehead atoms. The van der Waals surface area contributed by atoms with Crippen LogP contribution in [0.25, 0.3) is 0 Å². The number of hydrogen-bond donors (Lipinski definition) is 0. The Labute approximate surface area is 158 Å². The molecule has 2 aromatic carbocycles. The topological polar surface area (TPSA) is 0 Å². The summed E-state index contributed by atoms with van der Waals surface area (Å²) in [4.78, 5) is 2.76. The van der Waals surface area contributed by atoms with E-state index in [2.05, 4.69) is 80.4 Å². The molecule has 3 rings (SSSR count). The Kier molecular flexibility index (Phi) is 5.99. The summed E-state index contributed by atoms with van der Waals surface area (Å²) in [6, 6.07) is 17.4. The first-order chi connectivity index (χ1) is 10.7. The van der Waals surface area contributed by atoms with Crippen molar-refractivity contribution in [2.24, 2.45) is 5.41 Å². The lowest BCUT2D eigenvalue weighted by Gasteiger charge is -2.41. The molecule has 1 aliphatic carbocycles. The lowest BCUT2D eigenvalue weighted by atomic mass is 9.72.